The molecule has 15 heavy (non-hydrogen) atoms. The van der Waals surface area contributed by atoms with E-state index in [2.05, 4.69) is 63.1 Å². The molecular weight excluding hydrogens is 222 g/mol. The zero-order chi connectivity index (χ0) is 11.4. The van der Waals surface area contributed by atoms with Crippen LogP contribution in [-0.2, 0) is 0 Å². The molecule has 0 bridgehead atoms. The fourth-order valence-electron chi connectivity index (χ4n) is 1.83. The largest absolute Gasteiger partial charge is 0.310 e. The summed E-state index contributed by atoms with van der Waals surface area (Å²) in [4.78, 5) is 0. The van der Waals surface area contributed by atoms with Gasteiger partial charge in [-0.3, -0.25) is 0 Å². The van der Waals surface area contributed by atoms with Crippen LogP contribution in [0.1, 0.15) is 27.7 Å². The average molecular weight is 245 g/mol. The van der Waals surface area contributed by atoms with Gasteiger partial charge in [0.2, 0.25) is 0 Å². The maximum Gasteiger partial charge on any atom is 0.0402 e. The van der Waals surface area contributed by atoms with Gasteiger partial charge >= 0.3 is 0 Å². The van der Waals surface area contributed by atoms with Crippen LogP contribution in [0.3, 0.4) is 0 Å². The molecule has 1 rings (SSSR count). The first kappa shape index (κ1) is 13.5. The summed E-state index contributed by atoms with van der Waals surface area (Å²) >= 11 is 4.23. The quantitative estimate of drug-likeness (QED) is 0.764. The van der Waals surface area contributed by atoms with Crippen LogP contribution < -0.4 is 5.32 Å². The lowest BCUT2D eigenvalue weighted by atomic mass is 10.1. The van der Waals surface area contributed by atoms with E-state index in [0.717, 1.165) is 17.0 Å². The highest BCUT2D eigenvalue weighted by molar-refractivity contribution is 8.07. The highest BCUT2D eigenvalue weighted by Crippen LogP contribution is 2.38. The lowest BCUT2D eigenvalue weighted by Gasteiger charge is -2.36. The van der Waals surface area contributed by atoms with Gasteiger partial charge in [-0.05, 0) is 13.5 Å². The van der Waals surface area contributed by atoms with Gasteiger partial charge in [0.05, 0.1) is 0 Å². The van der Waals surface area contributed by atoms with Crippen molar-refractivity contribution in [3.8, 4) is 0 Å². The summed E-state index contributed by atoms with van der Waals surface area (Å²) in [5, 5.41) is 5.80. The van der Waals surface area contributed by atoms with Crippen molar-refractivity contribution in [1.82, 2.24) is 5.32 Å². The van der Waals surface area contributed by atoms with Gasteiger partial charge in [-0.2, -0.15) is 23.5 Å². The Morgan fingerprint density at radius 3 is 2.60 bits per heavy atom. The highest BCUT2D eigenvalue weighted by Gasteiger charge is 2.30. The normalized spacial score (nSPS) is 33.7. The molecule has 4 unspecified atom stereocenters. The van der Waals surface area contributed by atoms with E-state index in [0.29, 0.717) is 11.3 Å². The molecule has 1 fully saturated rings. The van der Waals surface area contributed by atoms with Crippen molar-refractivity contribution in [2.24, 2.45) is 0 Å². The van der Waals surface area contributed by atoms with Crippen LogP contribution in [0.15, 0.2) is 12.2 Å². The summed E-state index contributed by atoms with van der Waals surface area (Å²) in [6.07, 6.45) is 0. The summed E-state index contributed by atoms with van der Waals surface area (Å²) in [6.45, 7) is 14.1. The standard InChI is InChI=1S/C12H23NS2/c1-6-13-12(8(2)3)11-7-14-9(4)10(5)15-11/h9-13H,2,6-7H2,1,3-5H3. The number of hydrogen-bond acceptors (Lipinski definition) is 3. The average Bonchev–Trinajstić information content (AvgIpc) is 2.18. The molecule has 0 saturated carbocycles. The van der Waals surface area contributed by atoms with Gasteiger partial charge < -0.3 is 5.32 Å². The Morgan fingerprint density at radius 2 is 2.13 bits per heavy atom. The van der Waals surface area contributed by atoms with Crippen molar-refractivity contribution in [1.29, 1.82) is 0 Å². The molecular formula is C12H23NS2. The van der Waals surface area contributed by atoms with E-state index in [9.17, 15) is 0 Å². The molecule has 0 aromatic rings. The zero-order valence-corrected chi connectivity index (χ0v) is 11.9. The van der Waals surface area contributed by atoms with Crippen molar-refractivity contribution >= 4 is 23.5 Å². The fraction of sp³-hybridized carbons (Fsp3) is 0.833. The van der Waals surface area contributed by atoms with Crippen LogP contribution in [0.25, 0.3) is 0 Å². The topological polar surface area (TPSA) is 12.0 Å². The second-order valence-corrected chi connectivity index (χ2v) is 7.33. The lowest BCUT2D eigenvalue weighted by Crippen LogP contribution is -2.43. The van der Waals surface area contributed by atoms with Crippen LogP contribution >= 0.6 is 23.5 Å². The second kappa shape index (κ2) is 6.21. The summed E-state index contributed by atoms with van der Waals surface area (Å²) in [6, 6.07) is 0.488. The lowest BCUT2D eigenvalue weighted by molar-refractivity contribution is 0.584. The zero-order valence-electron chi connectivity index (χ0n) is 10.2. The number of hydrogen-bond donors (Lipinski definition) is 1. The van der Waals surface area contributed by atoms with Gasteiger partial charge in [-0.25, -0.2) is 0 Å². The summed E-state index contributed by atoms with van der Waals surface area (Å²) in [5.74, 6) is 1.25. The van der Waals surface area contributed by atoms with E-state index in [1.165, 1.54) is 11.3 Å². The van der Waals surface area contributed by atoms with Gasteiger partial charge in [0.25, 0.3) is 0 Å². The van der Waals surface area contributed by atoms with Crippen molar-refractivity contribution in [2.75, 3.05) is 12.3 Å². The molecule has 0 aromatic carbocycles. The number of likely N-dealkylation sites (N-methyl/N-ethyl adjacent to an activating group) is 1. The van der Waals surface area contributed by atoms with E-state index in [-0.39, 0.29) is 0 Å². The van der Waals surface area contributed by atoms with Gasteiger partial charge in [0.15, 0.2) is 0 Å². The second-order valence-electron chi connectivity index (χ2n) is 4.30. The minimum Gasteiger partial charge on any atom is -0.310 e. The third kappa shape index (κ3) is 3.72. The molecule has 1 N–H and O–H groups in total. The fourth-order valence-corrected chi connectivity index (χ4v) is 5.02. The smallest absolute Gasteiger partial charge is 0.0402 e. The van der Waals surface area contributed by atoms with Crippen LogP contribution in [0.2, 0.25) is 0 Å². The monoisotopic (exact) mass is 245 g/mol. The van der Waals surface area contributed by atoms with Crippen LogP contribution in [0.5, 0.6) is 0 Å². The predicted octanol–water partition coefficient (Wildman–Crippen LogP) is 3.17. The Kier molecular flexibility index (Phi) is 5.58. The molecule has 88 valence electrons. The van der Waals surface area contributed by atoms with Crippen molar-refractivity contribution in [2.45, 2.75) is 49.5 Å². The van der Waals surface area contributed by atoms with Crippen molar-refractivity contribution in [3.05, 3.63) is 12.2 Å². The maximum absolute atomic E-state index is 4.11. The van der Waals surface area contributed by atoms with Crippen LogP contribution in [-0.4, -0.2) is 34.1 Å². The number of thioether (sulfide) groups is 2. The first-order chi connectivity index (χ1) is 7.06. The van der Waals surface area contributed by atoms with Crippen molar-refractivity contribution in [3.63, 3.8) is 0 Å². The van der Waals surface area contributed by atoms with Gasteiger partial charge in [0.1, 0.15) is 0 Å². The molecule has 0 amide bonds. The molecule has 1 aliphatic rings. The molecule has 1 aliphatic heterocycles. The molecule has 1 heterocycles. The van der Waals surface area contributed by atoms with Gasteiger partial charge in [0, 0.05) is 27.5 Å². The first-order valence-electron chi connectivity index (χ1n) is 5.72. The van der Waals surface area contributed by atoms with E-state index >= 15 is 0 Å². The van der Waals surface area contributed by atoms with E-state index < -0.39 is 0 Å². The van der Waals surface area contributed by atoms with Crippen molar-refractivity contribution < 1.29 is 0 Å². The Hall–Kier alpha value is 0.400. The molecule has 0 radical (unpaired) electrons. The third-order valence-electron chi connectivity index (χ3n) is 2.90. The van der Waals surface area contributed by atoms with Gasteiger partial charge in [-0.15, -0.1) is 0 Å². The van der Waals surface area contributed by atoms with E-state index in [4.69, 9.17) is 0 Å². The molecule has 4 atom stereocenters. The summed E-state index contributed by atoms with van der Waals surface area (Å²) in [7, 11) is 0. The van der Waals surface area contributed by atoms with E-state index in [1.807, 2.05) is 0 Å². The summed E-state index contributed by atoms with van der Waals surface area (Å²) in [5.41, 5.74) is 1.27. The molecule has 1 saturated heterocycles. The predicted molar refractivity (Wildman–Crippen MR) is 75.0 cm³/mol. The summed E-state index contributed by atoms with van der Waals surface area (Å²) < 4.78 is 0. The number of rotatable bonds is 4. The highest BCUT2D eigenvalue weighted by atomic mass is 32.2. The number of nitrogens with one attached hydrogen (secondary N) is 1. The van der Waals surface area contributed by atoms with Gasteiger partial charge in [-0.1, -0.05) is 32.9 Å². The Morgan fingerprint density at radius 1 is 1.47 bits per heavy atom. The Labute approximate surface area is 103 Å². The molecule has 0 aliphatic carbocycles. The van der Waals surface area contributed by atoms with E-state index in [1.54, 1.807) is 0 Å². The minimum absolute atomic E-state index is 0.488. The first-order valence-corrected chi connectivity index (χ1v) is 7.71. The molecule has 0 spiro atoms. The SMILES string of the molecule is C=C(C)C(NCC)C1CSC(C)C(C)S1. The van der Waals surface area contributed by atoms with Crippen LogP contribution in [0, 0.1) is 0 Å². The molecule has 1 nitrogen and oxygen atoms in total. The maximum atomic E-state index is 4.11. The minimum atomic E-state index is 0.488. The Bertz CT molecular complexity index is 218. The molecule has 3 heteroatoms. The van der Waals surface area contributed by atoms with Crippen LogP contribution in [0.4, 0.5) is 0 Å². The third-order valence-corrected chi connectivity index (χ3v) is 6.40. The molecule has 0 aromatic heterocycles. The Balaban J connectivity index is 2.57.